The highest BCUT2D eigenvalue weighted by Crippen LogP contribution is 2.22. The van der Waals surface area contributed by atoms with Gasteiger partial charge in [-0.2, -0.15) is 0 Å². The zero-order chi connectivity index (χ0) is 13.9. The van der Waals surface area contributed by atoms with E-state index in [1.165, 1.54) is 0 Å². The number of nitrogens with zero attached hydrogens (tertiary/aromatic N) is 1. The summed E-state index contributed by atoms with van der Waals surface area (Å²) in [5.41, 5.74) is 0.307. The average molecular weight is 244 g/mol. The summed E-state index contributed by atoms with van der Waals surface area (Å²) in [4.78, 5) is 2.23. The minimum absolute atomic E-state index is 0.0647. The normalized spacial score (nSPS) is 17.3. The molecule has 17 heavy (non-hydrogen) atoms. The third-order valence-corrected chi connectivity index (χ3v) is 3.28. The van der Waals surface area contributed by atoms with Gasteiger partial charge in [0.05, 0.1) is 6.10 Å². The van der Waals surface area contributed by atoms with Crippen molar-refractivity contribution in [2.24, 2.45) is 5.41 Å². The Bertz CT molecular complexity index is 215. The standard InChI is InChI=1S/C14H32N2O/c1-11(13(2,3)4)16(8)10-12(17)9-15-14(5,6)7/h11-12,15,17H,9-10H2,1-8H3. The zero-order valence-electron chi connectivity index (χ0n) is 13.0. The van der Waals surface area contributed by atoms with Crippen LogP contribution in [0.25, 0.3) is 0 Å². The Morgan fingerprint density at radius 1 is 1.12 bits per heavy atom. The number of β-amino-alcohol motifs (C(OH)–C–C–N with tert-alkyl or cyclic N) is 1. The summed E-state index contributed by atoms with van der Waals surface area (Å²) in [6.45, 7) is 16.6. The molecule has 0 aliphatic carbocycles. The van der Waals surface area contributed by atoms with E-state index in [1.807, 2.05) is 0 Å². The SMILES string of the molecule is CC(N(C)CC(O)CNC(C)(C)C)C(C)(C)C. The van der Waals surface area contributed by atoms with E-state index in [1.54, 1.807) is 0 Å². The van der Waals surface area contributed by atoms with Crippen molar-refractivity contribution < 1.29 is 5.11 Å². The number of hydrogen-bond acceptors (Lipinski definition) is 3. The number of aliphatic hydroxyl groups is 1. The van der Waals surface area contributed by atoms with E-state index in [-0.39, 0.29) is 17.1 Å². The van der Waals surface area contributed by atoms with E-state index < -0.39 is 0 Å². The molecule has 0 aromatic rings. The number of rotatable bonds is 5. The van der Waals surface area contributed by atoms with Gasteiger partial charge in [-0.3, -0.25) is 0 Å². The van der Waals surface area contributed by atoms with Crippen molar-refractivity contribution in [1.29, 1.82) is 0 Å². The monoisotopic (exact) mass is 244 g/mol. The van der Waals surface area contributed by atoms with E-state index in [0.29, 0.717) is 19.1 Å². The van der Waals surface area contributed by atoms with Gasteiger partial charge in [0.2, 0.25) is 0 Å². The summed E-state index contributed by atoms with van der Waals surface area (Å²) in [6.07, 6.45) is -0.316. The Morgan fingerprint density at radius 3 is 1.94 bits per heavy atom. The highest BCUT2D eigenvalue weighted by Gasteiger charge is 2.25. The molecule has 0 amide bonds. The Labute approximate surface area is 108 Å². The van der Waals surface area contributed by atoms with Crippen LogP contribution in [0.15, 0.2) is 0 Å². The van der Waals surface area contributed by atoms with Crippen molar-refractivity contribution in [1.82, 2.24) is 10.2 Å². The molecule has 0 radical (unpaired) electrons. The third kappa shape index (κ3) is 7.74. The van der Waals surface area contributed by atoms with Crippen LogP contribution in [0.3, 0.4) is 0 Å². The number of hydrogen-bond donors (Lipinski definition) is 2. The van der Waals surface area contributed by atoms with Crippen molar-refractivity contribution in [3.8, 4) is 0 Å². The molecule has 0 aliphatic heterocycles. The summed E-state index contributed by atoms with van der Waals surface area (Å²) >= 11 is 0. The van der Waals surface area contributed by atoms with Crippen LogP contribution < -0.4 is 5.32 Å². The van der Waals surface area contributed by atoms with Crippen LogP contribution in [0.1, 0.15) is 48.5 Å². The summed E-state index contributed by atoms with van der Waals surface area (Å²) in [5.74, 6) is 0. The Balaban J connectivity index is 4.08. The first-order valence-corrected chi connectivity index (χ1v) is 6.57. The lowest BCUT2D eigenvalue weighted by molar-refractivity contribution is 0.0682. The second-order valence-electron chi connectivity index (χ2n) is 7.27. The fourth-order valence-corrected chi connectivity index (χ4v) is 1.64. The molecule has 2 N–H and O–H groups in total. The summed E-state index contributed by atoms with van der Waals surface area (Å²) < 4.78 is 0. The van der Waals surface area contributed by atoms with E-state index in [9.17, 15) is 5.11 Å². The lowest BCUT2D eigenvalue weighted by Gasteiger charge is -2.36. The maximum Gasteiger partial charge on any atom is 0.0791 e. The predicted molar refractivity (Wildman–Crippen MR) is 75.3 cm³/mol. The summed E-state index contributed by atoms with van der Waals surface area (Å²) in [7, 11) is 2.08. The molecule has 2 unspecified atom stereocenters. The lowest BCUT2D eigenvalue weighted by Crippen LogP contribution is -2.47. The molecule has 0 saturated heterocycles. The minimum atomic E-state index is -0.316. The molecule has 0 spiro atoms. The largest absolute Gasteiger partial charge is 0.390 e. The van der Waals surface area contributed by atoms with Crippen LogP contribution in [-0.4, -0.2) is 47.8 Å². The molecule has 0 saturated carbocycles. The molecule has 3 nitrogen and oxygen atoms in total. The van der Waals surface area contributed by atoms with Gasteiger partial charge in [-0.25, -0.2) is 0 Å². The molecular weight excluding hydrogens is 212 g/mol. The van der Waals surface area contributed by atoms with Crippen molar-refractivity contribution in [2.75, 3.05) is 20.1 Å². The van der Waals surface area contributed by atoms with Crippen LogP contribution in [0.4, 0.5) is 0 Å². The van der Waals surface area contributed by atoms with Crippen LogP contribution in [0.2, 0.25) is 0 Å². The number of aliphatic hydroxyl groups excluding tert-OH is 1. The number of likely N-dealkylation sites (N-methyl/N-ethyl adjacent to an activating group) is 1. The summed E-state index contributed by atoms with van der Waals surface area (Å²) in [5, 5.41) is 13.3. The molecule has 2 atom stereocenters. The highest BCUT2D eigenvalue weighted by molar-refractivity contribution is 4.80. The zero-order valence-corrected chi connectivity index (χ0v) is 13.0. The Hall–Kier alpha value is -0.120. The molecule has 0 rings (SSSR count). The smallest absolute Gasteiger partial charge is 0.0791 e. The maximum atomic E-state index is 9.99. The van der Waals surface area contributed by atoms with Crippen LogP contribution in [0.5, 0.6) is 0 Å². The van der Waals surface area contributed by atoms with Crippen LogP contribution in [-0.2, 0) is 0 Å². The van der Waals surface area contributed by atoms with Gasteiger partial charge < -0.3 is 15.3 Å². The topological polar surface area (TPSA) is 35.5 Å². The minimum Gasteiger partial charge on any atom is -0.390 e. The van der Waals surface area contributed by atoms with Gasteiger partial charge >= 0.3 is 0 Å². The molecule has 3 heteroatoms. The van der Waals surface area contributed by atoms with E-state index >= 15 is 0 Å². The van der Waals surface area contributed by atoms with Crippen molar-refractivity contribution in [3.05, 3.63) is 0 Å². The molecule has 0 fully saturated rings. The van der Waals surface area contributed by atoms with Crippen LogP contribution >= 0.6 is 0 Å². The second-order valence-corrected chi connectivity index (χ2v) is 7.27. The van der Waals surface area contributed by atoms with Crippen molar-refractivity contribution in [3.63, 3.8) is 0 Å². The fourth-order valence-electron chi connectivity index (χ4n) is 1.64. The number of nitrogens with one attached hydrogen (secondary N) is 1. The molecule has 0 aromatic heterocycles. The van der Waals surface area contributed by atoms with E-state index in [2.05, 4.69) is 65.7 Å². The Morgan fingerprint density at radius 2 is 1.59 bits per heavy atom. The summed E-state index contributed by atoms with van der Waals surface area (Å²) in [6, 6.07) is 0.451. The molecule has 0 bridgehead atoms. The van der Waals surface area contributed by atoms with Gasteiger partial charge in [-0.1, -0.05) is 20.8 Å². The Kier molecular flexibility index (Phi) is 6.12. The second kappa shape index (κ2) is 6.17. The van der Waals surface area contributed by atoms with Gasteiger partial charge in [-0.15, -0.1) is 0 Å². The van der Waals surface area contributed by atoms with Crippen molar-refractivity contribution in [2.45, 2.75) is 66.2 Å². The predicted octanol–water partition coefficient (Wildman–Crippen LogP) is 2.10. The third-order valence-electron chi connectivity index (χ3n) is 3.28. The maximum absolute atomic E-state index is 9.99. The molecular formula is C14H32N2O. The van der Waals surface area contributed by atoms with Gasteiger partial charge in [0.25, 0.3) is 0 Å². The quantitative estimate of drug-likeness (QED) is 0.777. The van der Waals surface area contributed by atoms with E-state index in [0.717, 1.165) is 0 Å². The first kappa shape index (κ1) is 16.9. The molecule has 0 aromatic carbocycles. The highest BCUT2D eigenvalue weighted by atomic mass is 16.3. The van der Waals surface area contributed by atoms with Crippen LogP contribution in [0, 0.1) is 5.41 Å². The molecule has 0 heterocycles. The molecule has 104 valence electrons. The lowest BCUT2D eigenvalue weighted by atomic mass is 9.87. The van der Waals surface area contributed by atoms with Gasteiger partial charge in [-0.05, 0) is 40.2 Å². The fraction of sp³-hybridized carbons (Fsp3) is 1.00. The van der Waals surface area contributed by atoms with Gasteiger partial charge in [0, 0.05) is 24.7 Å². The van der Waals surface area contributed by atoms with Crippen molar-refractivity contribution >= 4 is 0 Å². The average Bonchev–Trinajstić information content (AvgIpc) is 2.10. The first-order chi connectivity index (χ1) is 7.43. The van der Waals surface area contributed by atoms with Gasteiger partial charge in [0.1, 0.15) is 0 Å². The van der Waals surface area contributed by atoms with Gasteiger partial charge in [0.15, 0.2) is 0 Å². The first-order valence-electron chi connectivity index (χ1n) is 6.57. The molecule has 0 aliphatic rings. The van der Waals surface area contributed by atoms with E-state index in [4.69, 9.17) is 0 Å².